The quantitative estimate of drug-likeness (QED) is 0.898. The van der Waals surface area contributed by atoms with Crippen LogP contribution < -0.4 is 10.1 Å². The number of hydrogen-bond acceptors (Lipinski definition) is 4. The molecule has 2 rings (SSSR count). The van der Waals surface area contributed by atoms with Crippen molar-refractivity contribution < 1.29 is 4.74 Å². The Morgan fingerprint density at radius 2 is 2.17 bits per heavy atom. The summed E-state index contributed by atoms with van der Waals surface area (Å²) >= 11 is 1.67. The lowest BCUT2D eigenvalue weighted by atomic mass is 10.0. The van der Waals surface area contributed by atoms with Crippen LogP contribution in [0.1, 0.15) is 29.1 Å². The van der Waals surface area contributed by atoms with Crippen molar-refractivity contribution in [3.63, 3.8) is 0 Å². The maximum absolute atomic E-state index is 5.70. The number of nitrogens with zero attached hydrogens (tertiary/aromatic N) is 1. The molecule has 1 aromatic heterocycles. The third-order valence-electron chi connectivity index (χ3n) is 2.86. The van der Waals surface area contributed by atoms with Gasteiger partial charge in [-0.15, -0.1) is 11.3 Å². The van der Waals surface area contributed by atoms with E-state index < -0.39 is 0 Å². The van der Waals surface area contributed by atoms with Crippen LogP contribution in [0.5, 0.6) is 5.75 Å². The average Bonchev–Trinajstić information content (AvgIpc) is 2.79. The molecule has 96 valence electrons. The van der Waals surface area contributed by atoms with E-state index in [0.717, 1.165) is 17.0 Å². The topological polar surface area (TPSA) is 34.1 Å². The molecule has 0 amide bonds. The van der Waals surface area contributed by atoms with Crippen LogP contribution in [-0.4, -0.2) is 18.6 Å². The normalized spacial score (nSPS) is 12.4. The van der Waals surface area contributed by atoms with Gasteiger partial charge in [-0.3, -0.25) is 0 Å². The van der Waals surface area contributed by atoms with Gasteiger partial charge in [-0.05, 0) is 27.0 Å². The number of thiazole rings is 1. The molecule has 0 radical (unpaired) electrons. The van der Waals surface area contributed by atoms with Crippen LogP contribution in [0.25, 0.3) is 0 Å². The zero-order chi connectivity index (χ0) is 13.0. The lowest BCUT2D eigenvalue weighted by molar-refractivity contribution is 0.334. The van der Waals surface area contributed by atoms with Crippen LogP contribution in [0.3, 0.4) is 0 Å². The minimum Gasteiger partial charge on any atom is -0.494 e. The van der Waals surface area contributed by atoms with E-state index in [1.54, 1.807) is 11.3 Å². The molecule has 0 aliphatic heterocycles. The van der Waals surface area contributed by atoms with Gasteiger partial charge in [-0.1, -0.05) is 18.2 Å². The van der Waals surface area contributed by atoms with Gasteiger partial charge in [0.25, 0.3) is 0 Å². The van der Waals surface area contributed by atoms with Crippen molar-refractivity contribution in [2.45, 2.75) is 19.9 Å². The standard InChI is InChI=1S/C14H18N2OS/c1-4-17-12-8-6-5-7-11(12)13(15-3)14-10(2)16-9-18-14/h5-9,13,15H,4H2,1-3H3. The highest BCUT2D eigenvalue weighted by Crippen LogP contribution is 2.33. The SMILES string of the molecule is CCOc1ccccc1C(NC)c1scnc1C. The van der Waals surface area contributed by atoms with E-state index in [1.807, 2.05) is 44.6 Å². The summed E-state index contributed by atoms with van der Waals surface area (Å²) < 4.78 is 5.70. The molecule has 0 spiro atoms. The molecule has 1 aromatic carbocycles. The van der Waals surface area contributed by atoms with Gasteiger partial charge < -0.3 is 10.1 Å². The number of ether oxygens (including phenoxy) is 1. The Balaban J connectivity index is 2.42. The third-order valence-corrected chi connectivity index (χ3v) is 3.86. The zero-order valence-electron chi connectivity index (χ0n) is 10.9. The summed E-state index contributed by atoms with van der Waals surface area (Å²) in [5.74, 6) is 0.937. The lowest BCUT2D eigenvalue weighted by Crippen LogP contribution is -2.18. The van der Waals surface area contributed by atoms with Crippen molar-refractivity contribution in [1.82, 2.24) is 10.3 Å². The van der Waals surface area contributed by atoms with Crippen LogP contribution in [0.15, 0.2) is 29.8 Å². The molecule has 18 heavy (non-hydrogen) atoms. The highest BCUT2D eigenvalue weighted by molar-refractivity contribution is 7.09. The maximum atomic E-state index is 5.70. The van der Waals surface area contributed by atoms with Gasteiger partial charge in [-0.25, -0.2) is 4.98 Å². The molecule has 1 unspecified atom stereocenters. The Morgan fingerprint density at radius 1 is 1.39 bits per heavy atom. The summed E-state index contributed by atoms with van der Waals surface area (Å²) in [6.45, 7) is 4.72. The van der Waals surface area contributed by atoms with Crippen molar-refractivity contribution in [1.29, 1.82) is 0 Å². The van der Waals surface area contributed by atoms with E-state index in [0.29, 0.717) is 6.61 Å². The minimum atomic E-state index is 0.139. The summed E-state index contributed by atoms with van der Waals surface area (Å²) in [4.78, 5) is 5.56. The van der Waals surface area contributed by atoms with Gasteiger partial charge >= 0.3 is 0 Å². The van der Waals surface area contributed by atoms with Crippen molar-refractivity contribution in [3.05, 3.63) is 45.9 Å². The zero-order valence-corrected chi connectivity index (χ0v) is 11.8. The molecule has 1 atom stereocenters. The highest BCUT2D eigenvalue weighted by Gasteiger charge is 2.19. The van der Waals surface area contributed by atoms with Gasteiger partial charge in [0.05, 0.1) is 23.9 Å². The third kappa shape index (κ3) is 2.54. The number of aryl methyl sites for hydroxylation is 1. The van der Waals surface area contributed by atoms with E-state index >= 15 is 0 Å². The molecule has 0 saturated carbocycles. The Labute approximate surface area is 112 Å². The van der Waals surface area contributed by atoms with E-state index in [1.165, 1.54) is 4.88 Å². The monoisotopic (exact) mass is 262 g/mol. The summed E-state index contributed by atoms with van der Waals surface area (Å²) in [6.07, 6.45) is 0. The molecule has 0 bridgehead atoms. The molecule has 0 aliphatic carbocycles. The Bertz CT molecular complexity index is 510. The van der Waals surface area contributed by atoms with Crippen LogP contribution in [0, 0.1) is 6.92 Å². The molecule has 0 fully saturated rings. The van der Waals surface area contributed by atoms with Gasteiger partial charge in [0.2, 0.25) is 0 Å². The molecule has 1 heterocycles. The summed E-state index contributed by atoms with van der Waals surface area (Å²) in [5.41, 5.74) is 4.12. The van der Waals surface area contributed by atoms with Gasteiger partial charge in [0, 0.05) is 10.4 Å². The fourth-order valence-corrected chi connectivity index (χ4v) is 2.95. The average molecular weight is 262 g/mol. The Morgan fingerprint density at radius 3 is 2.78 bits per heavy atom. The smallest absolute Gasteiger partial charge is 0.124 e. The number of benzene rings is 1. The lowest BCUT2D eigenvalue weighted by Gasteiger charge is -2.19. The molecule has 2 aromatic rings. The van der Waals surface area contributed by atoms with Crippen molar-refractivity contribution in [2.24, 2.45) is 0 Å². The second-order valence-corrected chi connectivity index (χ2v) is 4.88. The van der Waals surface area contributed by atoms with E-state index in [-0.39, 0.29) is 6.04 Å². The summed E-state index contributed by atoms with van der Waals surface area (Å²) in [5, 5.41) is 3.35. The number of rotatable bonds is 5. The first-order valence-corrected chi connectivity index (χ1v) is 6.94. The van der Waals surface area contributed by atoms with Crippen molar-refractivity contribution in [3.8, 4) is 5.75 Å². The predicted molar refractivity (Wildman–Crippen MR) is 75.4 cm³/mol. The second kappa shape index (κ2) is 5.98. The summed E-state index contributed by atoms with van der Waals surface area (Å²) in [7, 11) is 1.96. The van der Waals surface area contributed by atoms with Crippen LogP contribution >= 0.6 is 11.3 Å². The number of hydrogen-bond donors (Lipinski definition) is 1. The van der Waals surface area contributed by atoms with E-state index in [4.69, 9.17) is 4.74 Å². The number of para-hydroxylation sites is 1. The molecule has 3 nitrogen and oxygen atoms in total. The van der Waals surface area contributed by atoms with Crippen LogP contribution in [0.2, 0.25) is 0 Å². The minimum absolute atomic E-state index is 0.139. The van der Waals surface area contributed by atoms with Gasteiger partial charge in [-0.2, -0.15) is 0 Å². The molecule has 4 heteroatoms. The molecule has 0 saturated heterocycles. The molecular formula is C14H18N2OS. The Hall–Kier alpha value is -1.39. The fourth-order valence-electron chi connectivity index (χ4n) is 2.02. The molecular weight excluding hydrogens is 244 g/mol. The number of aromatic nitrogens is 1. The van der Waals surface area contributed by atoms with Crippen LogP contribution in [0.4, 0.5) is 0 Å². The highest BCUT2D eigenvalue weighted by atomic mass is 32.1. The molecule has 1 N–H and O–H groups in total. The van der Waals surface area contributed by atoms with E-state index in [9.17, 15) is 0 Å². The van der Waals surface area contributed by atoms with Crippen molar-refractivity contribution in [2.75, 3.05) is 13.7 Å². The fraction of sp³-hybridized carbons (Fsp3) is 0.357. The second-order valence-electron chi connectivity index (χ2n) is 3.99. The maximum Gasteiger partial charge on any atom is 0.124 e. The largest absolute Gasteiger partial charge is 0.494 e. The predicted octanol–water partition coefficient (Wildman–Crippen LogP) is 3.16. The molecule has 0 aliphatic rings. The Kier molecular flexibility index (Phi) is 4.33. The first-order chi connectivity index (χ1) is 8.77. The van der Waals surface area contributed by atoms with E-state index in [2.05, 4.69) is 16.4 Å². The first kappa shape index (κ1) is 13.1. The van der Waals surface area contributed by atoms with Gasteiger partial charge in [0.15, 0.2) is 0 Å². The van der Waals surface area contributed by atoms with Gasteiger partial charge in [0.1, 0.15) is 5.75 Å². The summed E-state index contributed by atoms with van der Waals surface area (Å²) in [6, 6.07) is 8.30. The van der Waals surface area contributed by atoms with Crippen LogP contribution in [-0.2, 0) is 0 Å². The van der Waals surface area contributed by atoms with Crippen molar-refractivity contribution >= 4 is 11.3 Å². The first-order valence-electron chi connectivity index (χ1n) is 6.06. The number of nitrogens with one attached hydrogen (secondary N) is 1.